The Hall–Kier alpha value is -0.780. The van der Waals surface area contributed by atoms with Crippen LogP contribution in [-0.4, -0.2) is 22.1 Å². The van der Waals surface area contributed by atoms with E-state index in [-0.39, 0.29) is 9.92 Å². The molecule has 18 heavy (non-hydrogen) atoms. The Balaban J connectivity index is 2.82. The predicted octanol–water partition coefficient (Wildman–Crippen LogP) is 2.67. The van der Waals surface area contributed by atoms with Gasteiger partial charge in [0.1, 0.15) is 5.75 Å². The first-order chi connectivity index (χ1) is 8.36. The van der Waals surface area contributed by atoms with Gasteiger partial charge in [0.2, 0.25) is 10.0 Å². The Labute approximate surface area is 113 Å². The van der Waals surface area contributed by atoms with Crippen LogP contribution in [0.2, 0.25) is 5.02 Å². The van der Waals surface area contributed by atoms with E-state index in [4.69, 9.17) is 16.3 Å². The molecule has 0 fully saturated rings. The van der Waals surface area contributed by atoms with Crippen molar-refractivity contribution in [1.29, 1.82) is 0 Å². The van der Waals surface area contributed by atoms with E-state index in [0.717, 1.165) is 6.42 Å². The van der Waals surface area contributed by atoms with Gasteiger partial charge >= 0.3 is 0 Å². The summed E-state index contributed by atoms with van der Waals surface area (Å²) in [6, 6.07) is 4.40. The first-order valence-electron chi connectivity index (χ1n) is 5.70. The van der Waals surface area contributed by atoms with Crippen molar-refractivity contribution in [3.05, 3.63) is 23.2 Å². The van der Waals surface area contributed by atoms with Gasteiger partial charge in [-0.25, -0.2) is 13.1 Å². The van der Waals surface area contributed by atoms with Crippen LogP contribution in [0.15, 0.2) is 23.1 Å². The Morgan fingerprint density at radius 1 is 1.39 bits per heavy atom. The molecule has 0 saturated carbocycles. The van der Waals surface area contributed by atoms with Gasteiger partial charge in [-0.2, -0.15) is 0 Å². The summed E-state index contributed by atoms with van der Waals surface area (Å²) in [6.45, 7) is 4.50. The molecule has 0 unspecified atom stereocenters. The molecule has 0 bridgehead atoms. The fourth-order valence-electron chi connectivity index (χ4n) is 1.38. The Morgan fingerprint density at radius 3 is 2.56 bits per heavy atom. The molecule has 1 rings (SSSR count). The van der Waals surface area contributed by atoms with Crippen molar-refractivity contribution in [2.24, 2.45) is 5.92 Å². The average Bonchev–Trinajstić information content (AvgIpc) is 2.28. The van der Waals surface area contributed by atoms with Crippen LogP contribution in [-0.2, 0) is 10.0 Å². The minimum Gasteiger partial charge on any atom is -0.495 e. The van der Waals surface area contributed by atoms with E-state index in [1.165, 1.54) is 19.2 Å². The number of rotatable bonds is 6. The van der Waals surface area contributed by atoms with Gasteiger partial charge in [0.15, 0.2) is 0 Å². The van der Waals surface area contributed by atoms with E-state index in [1.807, 2.05) is 13.8 Å². The largest absolute Gasteiger partial charge is 0.495 e. The van der Waals surface area contributed by atoms with Crippen LogP contribution < -0.4 is 9.46 Å². The third-order valence-corrected chi connectivity index (χ3v) is 4.20. The van der Waals surface area contributed by atoms with Crippen molar-refractivity contribution in [2.45, 2.75) is 25.2 Å². The first-order valence-corrected chi connectivity index (χ1v) is 7.56. The van der Waals surface area contributed by atoms with Crippen LogP contribution in [0.1, 0.15) is 20.3 Å². The zero-order valence-electron chi connectivity index (χ0n) is 10.7. The molecule has 6 heteroatoms. The number of benzene rings is 1. The molecule has 0 aliphatic heterocycles. The highest BCUT2D eigenvalue weighted by molar-refractivity contribution is 7.89. The monoisotopic (exact) mass is 291 g/mol. The molecule has 0 aromatic heterocycles. The van der Waals surface area contributed by atoms with Crippen molar-refractivity contribution >= 4 is 21.6 Å². The molecule has 0 atom stereocenters. The van der Waals surface area contributed by atoms with Crippen molar-refractivity contribution in [3.63, 3.8) is 0 Å². The van der Waals surface area contributed by atoms with Crippen LogP contribution >= 0.6 is 11.6 Å². The van der Waals surface area contributed by atoms with Crippen molar-refractivity contribution in [2.75, 3.05) is 13.7 Å². The summed E-state index contributed by atoms with van der Waals surface area (Å²) in [7, 11) is -2.01. The second kappa shape index (κ2) is 6.41. The Bertz CT molecular complexity index is 500. The fourth-order valence-corrected chi connectivity index (χ4v) is 2.78. The summed E-state index contributed by atoms with van der Waals surface area (Å²) in [5.41, 5.74) is 0. The summed E-state index contributed by atoms with van der Waals surface area (Å²) in [6.07, 6.45) is 0.795. The number of halogens is 1. The lowest BCUT2D eigenvalue weighted by atomic mass is 10.1. The molecule has 1 aromatic carbocycles. The molecule has 0 heterocycles. The van der Waals surface area contributed by atoms with Gasteiger partial charge in [-0.3, -0.25) is 0 Å². The molecule has 1 N–H and O–H groups in total. The molecular formula is C12H18ClNO3S. The molecule has 102 valence electrons. The molecular weight excluding hydrogens is 274 g/mol. The first kappa shape index (κ1) is 15.3. The van der Waals surface area contributed by atoms with Crippen LogP contribution in [0, 0.1) is 5.92 Å². The highest BCUT2D eigenvalue weighted by Crippen LogP contribution is 2.26. The van der Waals surface area contributed by atoms with Crippen molar-refractivity contribution in [3.8, 4) is 5.75 Å². The summed E-state index contributed by atoms with van der Waals surface area (Å²) in [4.78, 5) is 0.150. The smallest absolute Gasteiger partial charge is 0.240 e. The van der Waals surface area contributed by atoms with Crippen LogP contribution in [0.25, 0.3) is 0 Å². The Morgan fingerprint density at radius 2 is 2.06 bits per heavy atom. The number of nitrogens with one attached hydrogen (secondary N) is 1. The number of hydrogen-bond acceptors (Lipinski definition) is 3. The lowest BCUT2D eigenvalue weighted by molar-refractivity contribution is 0.414. The van der Waals surface area contributed by atoms with Gasteiger partial charge in [-0.15, -0.1) is 0 Å². The zero-order chi connectivity index (χ0) is 13.8. The number of sulfonamides is 1. The molecule has 0 spiro atoms. The zero-order valence-corrected chi connectivity index (χ0v) is 12.3. The van der Waals surface area contributed by atoms with Crippen LogP contribution in [0.3, 0.4) is 0 Å². The maximum Gasteiger partial charge on any atom is 0.240 e. The van der Waals surface area contributed by atoms with E-state index in [1.54, 1.807) is 6.07 Å². The van der Waals surface area contributed by atoms with Crippen LogP contribution in [0.5, 0.6) is 5.75 Å². The number of ether oxygens (including phenoxy) is 1. The number of hydrogen-bond donors (Lipinski definition) is 1. The standard InChI is InChI=1S/C12H18ClNO3S/c1-9(2)6-7-14-18(15,16)10-4-5-12(17-3)11(13)8-10/h4-5,8-9,14H,6-7H2,1-3H3. The quantitative estimate of drug-likeness (QED) is 0.877. The van der Waals surface area contributed by atoms with Gasteiger partial charge in [0, 0.05) is 6.54 Å². The molecule has 0 amide bonds. The molecule has 1 aromatic rings. The minimum absolute atomic E-state index is 0.150. The second-order valence-corrected chi connectivity index (χ2v) is 6.55. The third-order valence-electron chi connectivity index (χ3n) is 2.45. The van der Waals surface area contributed by atoms with Crippen molar-refractivity contribution in [1.82, 2.24) is 4.72 Å². The van der Waals surface area contributed by atoms with E-state index in [0.29, 0.717) is 18.2 Å². The van der Waals surface area contributed by atoms with Gasteiger partial charge in [-0.1, -0.05) is 25.4 Å². The predicted molar refractivity (Wildman–Crippen MR) is 72.6 cm³/mol. The Kier molecular flexibility index (Phi) is 5.44. The molecule has 0 radical (unpaired) electrons. The third kappa shape index (κ3) is 4.15. The van der Waals surface area contributed by atoms with E-state index >= 15 is 0 Å². The number of methoxy groups -OCH3 is 1. The summed E-state index contributed by atoms with van der Waals surface area (Å²) in [5.74, 6) is 0.907. The minimum atomic E-state index is -3.49. The van der Waals surface area contributed by atoms with Gasteiger partial charge in [0.25, 0.3) is 0 Å². The van der Waals surface area contributed by atoms with Crippen molar-refractivity contribution < 1.29 is 13.2 Å². The van der Waals surface area contributed by atoms with E-state index in [2.05, 4.69) is 4.72 Å². The molecule has 0 saturated heterocycles. The summed E-state index contributed by atoms with van der Waals surface area (Å²) in [5, 5.41) is 0.282. The highest BCUT2D eigenvalue weighted by Gasteiger charge is 2.15. The molecule has 4 nitrogen and oxygen atoms in total. The summed E-state index contributed by atoms with van der Waals surface area (Å²) < 4.78 is 31.4. The maximum absolute atomic E-state index is 12.0. The fraction of sp³-hybridized carbons (Fsp3) is 0.500. The maximum atomic E-state index is 12.0. The SMILES string of the molecule is COc1ccc(S(=O)(=O)NCCC(C)C)cc1Cl. The lowest BCUT2D eigenvalue weighted by Crippen LogP contribution is -2.25. The molecule has 0 aliphatic rings. The normalized spacial score (nSPS) is 11.8. The summed E-state index contributed by atoms with van der Waals surface area (Å²) >= 11 is 5.90. The second-order valence-electron chi connectivity index (χ2n) is 4.38. The van der Waals surface area contributed by atoms with E-state index in [9.17, 15) is 8.42 Å². The lowest BCUT2D eigenvalue weighted by Gasteiger charge is -2.09. The topological polar surface area (TPSA) is 55.4 Å². The van der Waals surface area contributed by atoms with Gasteiger partial charge in [-0.05, 0) is 30.5 Å². The average molecular weight is 292 g/mol. The molecule has 0 aliphatic carbocycles. The van der Waals surface area contributed by atoms with Crippen LogP contribution in [0.4, 0.5) is 0 Å². The van der Waals surface area contributed by atoms with Gasteiger partial charge < -0.3 is 4.74 Å². The van der Waals surface area contributed by atoms with E-state index < -0.39 is 10.0 Å². The highest BCUT2D eigenvalue weighted by atomic mass is 35.5. The van der Waals surface area contributed by atoms with Gasteiger partial charge in [0.05, 0.1) is 17.0 Å².